The second kappa shape index (κ2) is 6.34. The predicted molar refractivity (Wildman–Crippen MR) is 96.5 cm³/mol. The highest BCUT2D eigenvalue weighted by atomic mass is 79.9. The lowest BCUT2D eigenvalue weighted by Crippen LogP contribution is -2.00. The summed E-state index contributed by atoms with van der Waals surface area (Å²) < 4.78 is 0.831. The van der Waals surface area contributed by atoms with Crippen LogP contribution in [0.4, 0.5) is 0 Å². The number of aromatic nitrogens is 1. The van der Waals surface area contributed by atoms with Gasteiger partial charge in [-0.25, -0.2) is 9.78 Å². The van der Waals surface area contributed by atoms with Crippen LogP contribution in [-0.2, 0) is 0 Å². The Bertz CT molecular complexity index is 915. The van der Waals surface area contributed by atoms with Crippen molar-refractivity contribution in [3.8, 4) is 0 Å². The Labute approximate surface area is 142 Å². The van der Waals surface area contributed by atoms with Gasteiger partial charge in [0.1, 0.15) is 0 Å². The van der Waals surface area contributed by atoms with Crippen molar-refractivity contribution in [1.29, 1.82) is 0 Å². The Kier molecular flexibility index (Phi) is 4.26. The summed E-state index contributed by atoms with van der Waals surface area (Å²) in [4.78, 5) is 16.0. The van der Waals surface area contributed by atoms with E-state index < -0.39 is 5.97 Å². The van der Waals surface area contributed by atoms with Crippen LogP contribution in [-0.4, -0.2) is 16.1 Å². The van der Waals surface area contributed by atoms with Crippen LogP contribution in [0.2, 0.25) is 0 Å². The van der Waals surface area contributed by atoms with Crippen molar-refractivity contribution in [1.82, 2.24) is 4.98 Å². The number of rotatable bonds is 3. The Hall–Kier alpha value is -2.46. The van der Waals surface area contributed by atoms with Crippen LogP contribution in [0.15, 0.2) is 53.0 Å². The van der Waals surface area contributed by atoms with Crippen LogP contribution in [0.3, 0.4) is 0 Å². The summed E-state index contributed by atoms with van der Waals surface area (Å²) in [6.45, 7) is 2.04. The van der Waals surface area contributed by atoms with Crippen LogP contribution in [0.25, 0.3) is 23.1 Å². The standard InChI is InChI=1S/C19H14BrNO2/c1-12-2-4-13(5-3-12)6-8-15-11-17(19(22)23)16-10-14(20)7-9-18(16)21-15/h2-11H,1H3,(H,22,23). The molecule has 0 atom stereocenters. The van der Waals surface area contributed by atoms with Crippen molar-refractivity contribution < 1.29 is 9.90 Å². The number of aryl methyl sites for hydroxylation is 1. The van der Waals surface area contributed by atoms with E-state index in [1.165, 1.54) is 5.56 Å². The Morgan fingerprint density at radius 3 is 2.52 bits per heavy atom. The molecule has 0 saturated carbocycles. The molecule has 1 heterocycles. The molecule has 3 aromatic rings. The molecule has 4 heteroatoms. The minimum Gasteiger partial charge on any atom is -0.478 e. The molecule has 23 heavy (non-hydrogen) atoms. The molecule has 0 radical (unpaired) electrons. The van der Waals surface area contributed by atoms with Crippen molar-refractivity contribution in [2.24, 2.45) is 0 Å². The molecule has 1 N–H and O–H groups in total. The van der Waals surface area contributed by atoms with Crippen LogP contribution < -0.4 is 0 Å². The van der Waals surface area contributed by atoms with Crippen molar-refractivity contribution in [2.75, 3.05) is 0 Å². The zero-order chi connectivity index (χ0) is 16.4. The third kappa shape index (κ3) is 3.48. The maximum atomic E-state index is 11.5. The molecule has 0 saturated heterocycles. The molecule has 0 aliphatic carbocycles. The lowest BCUT2D eigenvalue weighted by molar-refractivity contribution is 0.0699. The first-order valence-corrected chi connectivity index (χ1v) is 7.90. The number of pyridine rings is 1. The first-order valence-electron chi connectivity index (χ1n) is 7.11. The maximum absolute atomic E-state index is 11.5. The van der Waals surface area contributed by atoms with E-state index in [1.807, 2.05) is 55.5 Å². The summed E-state index contributed by atoms with van der Waals surface area (Å²) in [7, 11) is 0. The summed E-state index contributed by atoms with van der Waals surface area (Å²) in [5.74, 6) is -0.958. The highest BCUT2D eigenvalue weighted by molar-refractivity contribution is 9.10. The average Bonchev–Trinajstić information content (AvgIpc) is 2.53. The second-order valence-electron chi connectivity index (χ2n) is 5.31. The van der Waals surface area contributed by atoms with E-state index in [2.05, 4.69) is 20.9 Å². The monoisotopic (exact) mass is 367 g/mol. The van der Waals surface area contributed by atoms with Gasteiger partial charge in [-0.3, -0.25) is 0 Å². The minimum atomic E-state index is -0.958. The van der Waals surface area contributed by atoms with E-state index in [0.29, 0.717) is 16.6 Å². The van der Waals surface area contributed by atoms with Gasteiger partial charge in [0, 0.05) is 9.86 Å². The van der Waals surface area contributed by atoms with Crippen LogP contribution in [0.1, 0.15) is 27.2 Å². The summed E-state index contributed by atoms with van der Waals surface area (Å²) in [6.07, 6.45) is 3.76. The van der Waals surface area contributed by atoms with Crippen LogP contribution in [0.5, 0.6) is 0 Å². The molecule has 3 nitrogen and oxygen atoms in total. The number of carboxylic acid groups (broad SMARTS) is 1. The summed E-state index contributed by atoms with van der Waals surface area (Å²) in [5.41, 5.74) is 3.78. The van der Waals surface area contributed by atoms with Gasteiger partial charge in [-0.15, -0.1) is 0 Å². The van der Waals surface area contributed by atoms with Gasteiger partial charge in [0.25, 0.3) is 0 Å². The molecule has 0 spiro atoms. The minimum absolute atomic E-state index is 0.250. The molecule has 1 aromatic heterocycles. The van der Waals surface area contributed by atoms with Crippen LogP contribution in [0, 0.1) is 6.92 Å². The lowest BCUT2D eigenvalue weighted by Gasteiger charge is -2.05. The van der Waals surface area contributed by atoms with E-state index in [0.717, 1.165) is 10.0 Å². The molecule has 0 fully saturated rings. The van der Waals surface area contributed by atoms with Gasteiger partial charge >= 0.3 is 5.97 Å². The fraction of sp³-hybridized carbons (Fsp3) is 0.0526. The Morgan fingerprint density at radius 1 is 1.09 bits per heavy atom. The second-order valence-corrected chi connectivity index (χ2v) is 6.22. The van der Waals surface area contributed by atoms with E-state index in [1.54, 1.807) is 12.1 Å². The Balaban J connectivity index is 2.06. The fourth-order valence-electron chi connectivity index (χ4n) is 2.34. The van der Waals surface area contributed by atoms with Crippen molar-refractivity contribution in [2.45, 2.75) is 6.92 Å². The number of aromatic carboxylic acids is 1. The SMILES string of the molecule is Cc1ccc(C=Cc2cc(C(=O)O)c3cc(Br)ccc3n2)cc1. The number of carbonyl (C=O) groups is 1. The molecule has 0 amide bonds. The van der Waals surface area contributed by atoms with E-state index >= 15 is 0 Å². The third-order valence-electron chi connectivity index (χ3n) is 3.54. The van der Waals surface area contributed by atoms with Crippen LogP contribution >= 0.6 is 15.9 Å². The van der Waals surface area contributed by atoms with Crippen molar-refractivity contribution in [3.63, 3.8) is 0 Å². The van der Waals surface area contributed by atoms with Gasteiger partial charge in [-0.05, 0) is 42.8 Å². The first-order chi connectivity index (χ1) is 11.0. The summed E-state index contributed by atoms with van der Waals surface area (Å²) in [6, 6.07) is 15.1. The van der Waals surface area contributed by atoms with Gasteiger partial charge in [0.2, 0.25) is 0 Å². The van der Waals surface area contributed by atoms with Crippen molar-refractivity contribution in [3.05, 3.63) is 75.4 Å². The summed E-state index contributed by atoms with van der Waals surface area (Å²) >= 11 is 3.37. The Morgan fingerprint density at radius 2 is 1.83 bits per heavy atom. The highest BCUT2D eigenvalue weighted by Gasteiger charge is 2.11. The fourth-order valence-corrected chi connectivity index (χ4v) is 2.70. The molecule has 2 aromatic carbocycles. The van der Waals surface area contributed by atoms with E-state index in [4.69, 9.17) is 0 Å². The van der Waals surface area contributed by atoms with E-state index in [-0.39, 0.29) is 5.56 Å². The number of nitrogens with zero attached hydrogens (tertiary/aromatic N) is 1. The highest BCUT2D eigenvalue weighted by Crippen LogP contribution is 2.23. The molecular formula is C19H14BrNO2. The number of hydrogen-bond donors (Lipinski definition) is 1. The number of hydrogen-bond acceptors (Lipinski definition) is 2. The molecule has 0 aliphatic rings. The topological polar surface area (TPSA) is 50.2 Å². The molecule has 0 unspecified atom stereocenters. The third-order valence-corrected chi connectivity index (χ3v) is 4.04. The number of carboxylic acids is 1. The molecule has 3 rings (SSSR count). The molecule has 0 bridgehead atoms. The first kappa shape index (κ1) is 15.4. The molecule has 0 aliphatic heterocycles. The predicted octanol–water partition coefficient (Wildman–Crippen LogP) is 5.17. The zero-order valence-electron chi connectivity index (χ0n) is 12.5. The molecule has 114 valence electrons. The number of fused-ring (bicyclic) bond motifs is 1. The smallest absolute Gasteiger partial charge is 0.336 e. The quantitative estimate of drug-likeness (QED) is 0.694. The lowest BCUT2D eigenvalue weighted by atomic mass is 10.1. The average molecular weight is 368 g/mol. The van der Waals surface area contributed by atoms with Gasteiger partial charge < -0.3 is 5.11 Å². The maximum Gasteiger partial charge on any atom is 0.336 e. The van der Waals surface area contributed by atoms with Gasteiger partial charge in [0.15, 0.2) is 0 Å². The van der Waals surface area contributed by atoms with Crippen molar-refractivity contribution >= 4 is 45.0 Å². The normalized spacial score (nSPS) is 11.2. The van der Waals surface area contributed by atoms with E-state index in [9.17, 15) is 9.90 Å². The number of benzene rings is 2. The number of halogens is 1. The summed E-state index contributed by atoms with van der Waals surface area (Å²) in [5, 5.41) is 10.1. The van der Waals surface area contributed by atoms with Gasteiger partial charge in [-0.1, -0.05) is 51.8 Å². The van der Waals surface area contributed by atoms with Gasteiger partial charge in [0.05, 0.1) is 16.8 Å². The van der Waals surface area contributed by atoms with Gasteiger partial charge in [-0.2, -0.15) is 0 Å². The molecular weight excluding hydrogens is 354 g/mol. The zero-order valence-corrected chi connectivity index (χ0v) is 14.0. The largest absolute Gasteiger partial charge is 0.478 e.